The summed E-state index contributed by atoms with van der Waals surface area (Å²) in [5, 5.41) is 21.5. The fraction of sp³-hybridized carbons (Fsp3) is 0.611. The van der Waals surface area contributed by atoms with Crippen molar-refractivity contribution in [1.82, 2.24) is 4.90 Å². The van der Waals surface area contributed by atoms with Crippen LogP contribution in [0.25, 0.3) is 0 Å². The van der Waals surface area contributed by atoms with Crippen LogP contribution in [0.5, 0.6) is 5.75 Å². The minimum atomic E-state index is -4.37. The largest absolute Gasteiger partial charge is 0.508 e. The van der Waals surface area contributed by atoms with E-state index in [0.29, 0.717) is 6.42 Å². The van der Waals surface area contributed by atoms with Crippen LogP contribution >= 0.6 is 0 Å². The Morgan fingerprint density at radius 2 is 2.08 bits per heavy atom. The molecule has 5 nitrogen and oxygen atoms in total. The summed E-state index contributed by atoms with van der Waals surface area (Å²) in [6.45, 7) is -0.919. The highest BCUT2D eigenvalue weighted by Gasteiger charge is 2.68. The maximum atomic E-state index is 13.1. The van der Waals surface area contributed by atoms with Gasteiger partial charge in [-0.1, -0.05) is 6.07 Å². The Hall–Kier alpha value is -1.80. The van der Waals surface area contributed by atoms with E-state index in [-0.39, 0.29) is 31.6 Å². The maximum Gasteiger partial charge on any atom is 0.401 e. The van der Waals surface area contributed by atoms with Gasteiger partial charge < -0.3 is 15.9 Å². The number of rotatable bonds is 2. The Labute approximate surface area is 148 Å². The third kappa shape index (κ3) is 2.35. The lowest BCUT2D eigenvalue weighted by Gasteiger charge is -2.59. The zero-order valence-electron chi connectivity index (χ0n) is 14.1. The normalized spacial score (nSPS) is 36.5. The first-order valence-corrected chi connectivity index (χ1v) is 8.71. The van der Waals surface area contributed by atoms with Crippen LogP contribution in [0, 0.1) is 5.92 Å². The van der Waals surface area contributed by atoms with Crippen LogP contribution in [-0.2, 0) is 16.6 Å². The molecular weight excluding hydrogens is 349 g/mol. The number of likely N-dealkylation sites (tertiary alicyclic amines) is 1. The molecule has 1 aromatic rings. The smallest absolute Gasteiger partial charge is 0.401 e. The highest BCUT2D eigenvalue weighted by Crippen LogP contribution is 2.61. The predicted octanol–water partition coefficient (Wildman–Crippen LogP) is 1.45. The molecule has 1 amide bonds. The second kappa shape index (κ2) is 5.36. The molecule has 0 radical (unpaired) electrons. The molecule has 4 atom stereocenters. The fourth-order valence-electron chi connectivity index (χ4n) is 5.60. The number of nitrogens with two attached hydrogens (primary N) is 1. The number of phenolic OH excluding ortho intramolecular Hbond substituents is 1. The van der Waals surface area contributed by atoms with Gasteiger partial charge in [0.1, 0.15) is 5.75 Å². The Bertz CT molecular complexity index is 769. The monoisotopic (exact) mass is 370 g/mol. The molecule has 3 aliphatic rings. The van der Waals surface area contributed by atoms with Gasteiger partial charge in [-0.05, 0) is 55.5 Å². The first-order valence-electron chi connectivity index (χ1n) is 8.71. The molecule has 1 aromatic carbocycles. The third-order valence-corrected chi connectivity index (χ3v) is 6.61. The van der Waals surface area contributed by atoms with Gasteiger partial charge in [0.15, 0.2) is 0 Å². The van der Waals surface area contributed by atoms with Gasteiger partial charge in [0.2, 0.25) is 5.91 Å². The number of fused-ring (bicyclic) bond motifs is 1. The minimum Gasteiger partial charge on any atom is -0.508 e. The van der Waals surface area contributed by atoms with Crippen molar-refractivity contribution in [3.05, 3.63) is 29.3 Å². The van der Waals surface area contributed by atoms with Gasteiger partial charge in [0.05, 0.1) is 12.1 Å². The fourth-order valence-corrected chi connectivity index (χ4v) is 5.60. The molecular formula is C18H21F3N2O3. The van der Waals surface area contributed by atoms with Gasteiger partial charge in [-0.3, -0.25) is 9.69 Å². The maximum absolute atomic E-state index is 13.1. The van der Waals surface area contributed by atoms with E-state index in [1.807, 2.05) is 0 Å². The van der Waals surface area contributed by atoms with Crippen molar-refractivity contribution < 1.29 is 28.2 Å². The number of hydrogen-bond donors (Lipinski definition) is 3. The van der Waals surface area contributed by atoms with Gasteiger partial charge in [-0.2, -0.15) is 13.2 Å². The Balaban J connectivity index is 1.85. The molecule has 1 heterocycles. The van der Waals surface area contributed by atoms with E-state index in [4.69, 9.17) is 5.73 Å². The number of carbonyl (C=O) groups is 1. The van der Waals surface area contributed by atoms with E-state index in [2.05, 4.69) is 0 Å². The van der Waals surface area contributed by atoms with Crippen LogP contribution in [0.15, 0.2) is 18.2 Å². The topological polar surface area (TPSA) is 86.8 Å². The van der Waals surface area contributed by atoms with Gasteiger partial charge in [-0.15, -0.1) is 0 Å². The summed E-state index contributed by atoms with van der Waals surface area (Å²) in [4.78, 5) is 13.1. The summed E-state index contributed by atoms with van der Waals surface area (Å²) in [7, 11) is 0. The summed E-state index contributed by atoms with van der Waals surface area (Å²) < 4.78 is 39.2. The highest BCUT2D eigenvalue weighted by atomic mass is 19.4. The van der Waals surface area contributed by atoms with Crippen molar-refractivity contribution in [3.8, 4) is 5.75 Å². The number of amides is 1. The Kier molecular flexibility index (Phi) is 3.63. The summed E-state index contributed by atoms with van der Waals surface area (Å²) in [6.07, 6.45) is -3.48. The van der Waals surface area contributed by atoms with Crippen molar-refractivity contribution in [2.75, 3.05) is 13.1 Å². The van der Waals surface area contributed by atoms with E-state index in [1.165, 1.54) is 11.0 Å². The average Bonchev–Trinajstić information content (AvgIpc) is 2.85. The number of alkyl halides is 3. The molecule has 26 heavy (non-hydrogen) atoms. The SMILES string of the molecule is NC(=O)[C@H]1C[C@]23CCN(CC(F)(F)F)[C@H](Cc4ccc(O)cc42)[C@]3(O)C1. The molecule has 1 saturated heterocycles. The molecule has 0 spiro atoms. The van der Waals surface area contributed by atoms with E-state index in [0.717, 1.165) is 11.1 Å². The molecule has 8 heteroatoms. The van der Waals surface area contributed by atoms with Crippen LogP contribution in [0.4, 0.5) is 13.2 Å². The number of phenols is 1. The standard InChI is InChI=1S/C18H21F3N2O3/c19-18(20,21)9-23-4-3-16-7-11(15(22)25)8-17(16,26)14(23)5-10-1-2-12(24)6-13(10)16/h1-2,6,11,14,24,26H,3-5,7-9H2,(H2,22,25)/t11-,14+,16+,17+/m0/s1. The molecule has 2 aliphatic carbocycles. The van der Waals surface area contributed by atoms with E-state index < -0.39 is 41.6 Å². The second-order valence-electron chi connectivity index (χ2n) is 7.91. The van der Waals surface area contributed by atoms with Crippen LogP contribution < -0.4 is 5.73 Å². The van der Waals surface area contributed by atoms with Crippen LogP contribution in [0.1, 0.15) is 30.4 Å². The molecule has 2 bridgehead atoms. The molecule has 1 aliphatic heterocycles. The number of aromatic hydroxyl groups is 1. The molecule has 1 saturated carbocycles. The number of piperidine rings is 1. The minimum absolute atomic E-state index is 0.0409. The molecule has 2 fully saturated rings. The van der Waals surface area contributed by atoms with Crippen LogP contribution in [-0.4, -0.2) is 51.9 Å². The van der Waals surface area contributed by atoms with Gasteiger partial charge in [-0.25, -0.2) is 0 Å². The van der Waals surface area contributed by atoms with Crippen LogP contribution in [0.2, 0.25) is 0 Å². The van der Waals surface area contributed by atoms with Crippen molar-refractivity contribution in [2.24, 2.45) is 11.7 Å². The molecule has 142 valence electrons. The molecule has 4 rings (SSSR count). The Morgan fingerprint density at radius 1 is 1.35 bits per heavy atom. The first kappa shape index (κ1) is 17.6. The predicted molar refractivity (Wildman–Crippen MR) is 86.4 cm³/mol. The summed E-state index contributed by atoms with van der Waals surface area (Å²) in [6, 6.07) is 4.05. The average molecular weight is 370 g/mol. The zero-order chi connectivity index (χ0) is 18.9. The van der Waals surface area contributed by atoms with E-state index in [1.54, 1.807) is 12.1 Å². The van der Waals surface area contributed by atoms with E-state index in [9.17, 15) is 28.2 Å². The molecule has 0 unspecified atom stereocenters. The lowest BCUT2D eigenvalue weighted by Crippen LogP contribution is -2.70. The first-order chi connectivity index (χ1) is 12.1. The summed E-state index contributed by atoms with van der Waals surface area (Å²) >= 11 is 0. The number of hydrogen-bond acceptors (Lipinski definition) is 4. The lowest BCUT2D eigenvalue weighted by molar-refractivity contribution is -0.188. The number of carbonyl (C=O) groups excluding carboxylic acids is 1. The quantitative estimate of drug-likeness (QED) is 0.736. The van der Waals surface area contributed by atoms with Crippen molar-refractivity contribution in [2.45, 2.75) is 48.9 Å². The van der Waals surface area contributed by atoms with Crippen LogP contribution in [0.3, 0.4) is 0 Å². The van der Waals surface area contributed by atoms with Gasteiger partial charge in [0.25, 0.3) is 0 Å². The number of aliphatic hydroxyl groups is 1. The van der Waals surface area contributed by atoms with Gasteiger partial charge in [0, 0.05) is 17.4 Å². The Morgan fingerprint density at radius 3 is 2.73 bits per heavy atom. The van der Waals surface area contributed by atoms with Crippen molar-refractivity contribution in [1.29, 1.82) is 0 Å². The summed E-state index contributed by atoms with van der Waals surface area (Å²) in [5.41, 5.74) is 4.71. The molecule has 4 N–H and O–H groups in total. The molecule has 0 aromatic heterocycles. The highest BCUT2D eigenvalue weighted by molar-refractivity contribution is 5.78. The summed E-state index contributed by atoms with van der Waals surface area (Å²) in [5.74, 6) is -1.10. The lowest BCUT2D eigenvalue weighted by atomic mass is 9.56. The van der Waals surface area contributed by atoms with Crippen molar-refractivity contribution >= 4 is 5.91 Å². The number of halogens is 3. The number of benzene rings is 1. The van der Waals surface area contributed by atoms with E-state index >= 15 is 0 Å². The number of nitrogens with zero attached hydrogens (tertiary/aromatic N) is 1. The third-order valence-electron chi connectivity index (χ3n) is 6.61. The zero-order valence-corrected chi connectivity index (χ0v) is 14.1. The van der Waals surface area contributed by atoms with Crippen molar-refractivity contribution in [3.63, 3.8) is 0 Å². The van der Waals surface area contributed by atoms with Gasteiger partial charge >= 0.3 is 6.18 Å². The number of primary amides is 1. The second-order valence-corrected chi connectivity index (χ2v) is 7.91.